The average Bonchev–Trinajstić information content (AvgIpc) is 2.60. The van der Waals surface area contributed by atoms with Gasteiger partial charge in [0.25, 0.3) is 0 Å². The van der Waals surface area contributed by atoms with E-state index < -0.39 is 13.4 Å². The van der Waals surface area contributed by atoms with E-state index in [1.54, 1.807) is 38.1 Å². The largest absolute Gasteiger partial charge is 0.495 e. The normalized spacial score (nSPS) is 12.7. The fourth-order valence-electron chi connectivity index (χ4n) is 2.63. The summed E-state index contributed by atoms with van der Waals surface area (Å²) in [6.45, 7) is 3.78. The molecule has 2 rings (SSSR count). The van der Waals surface area contributed by atoms with Gasteiger partial charge < -0.3 is 19.1 Å². The van der Waals surface area contributed by atoms with Crippen LogP contribution in [0.5, 0.6) is 5.75 Å². The number of hydrogen-bond donors (Lipinski definition) is 1. The van der Waals surface area contributed by atoms with E-state index in [1.807, 2.05) is 0 Å². The Balaban J connectivity index is 2.67. The first kappa shape index (κ1) is 23.6. The molecule has 154 valence electrons. The standard InChI is InChI=1S/C18H20Cl4NO4P/c1-4-26-28(24,27-5-2)18(23-16-7-6-11(19)9-14(16)21)13-8-12(20)10-15(22)17(13)25-3/h6-10,18,23H,4-5H2,1-3H3. The highest BCUT2D eigenvalue weighted by atomic mass is 35.5. The lowest BCUT2D eigenvalue weighted by Gasteiger charge is -2.29. The summed E-state index contributed by atoms with van der Waals surface area (Å²) in [7, 11) is -2.27. The quantitative estimate of drug-likeness (QED) is 0.368. The Morgan fingerprint density at radius 3 is 2.11 bits per heavy atom. The van der Waals surface area contributed by atoms with Crippen molar-refractivity contribution >= 4 is 59.7 Å². The number of benzene rings is 2. The van der Waals surface area contributed by atoms with Crippen LogP contribution in [0.1, 0.15) is 25.2 Å². The molecule has 1 N–H and O–H groups in total. The van der Waals surface area contributed by atoms with E-state index >= 15 is 0 Å². The third-order valence-electron chi connectivity index (χ3n) is 3.69. The molecule has 0 spiro atoms. The molecule has 0 aliphatic carbocycles. The maximum absolute atomic E-state index is 13.7. The molecule has 1 atom stereocenters. The van der Waals surface area contributed by atoms with Gasteiger partial charge in [-0.3, -0.25) is 4.57 Å². The van der Waals surface area contributed by atoms with E-state index in [1.165, 1.54) is 13.2 Å². The first-order valence-electron chi connectivity index (χ1n) is 8.39. The summed E-state index contributed by atoms with van der Waals surface area (Å²) in [5, 5.41) is 4.54. The van der Waals surface area contributed by atoms with Crippen molar-refractivity contribution in [1.82, 2.24) is 0 Å². The Bertz CT molecular complexity index is 871. The number of ether oxygens (including phenoxy) is 1. The van der Waals surface area contributed by atoms with E-state index in [0.29, 0.717) is 32.1 Å². The highest BCUT2D eigenvalue weighted by Crippen LogP contribution is 2.63. The Kier molecular flexibility index (Phi) is 8.78. The van der Waals surface area contributed by atoms with E-state index in [9.17, 15) is 4.57 Å². The smallest absolute Gasteiger partial charge is 0.357 e. The van der Waals surface area contributed by atoms with E-state index in [0.717, 1.165) is 0 Å². The van der Waals surface area contributed by atoms with Gasteiger partial charge in [-0.2, -0.15) is 0 Å². The zero-order valence-corrected chi connectivity index (χ0v) is 19.4. The molecule has 0 heterocycles. The lowest BCUT2D eigenvalue weighted by molar-refractivity contribution is 0.213. The van der Waals surface area contributed by atoms with Crippen molar-refractivity contribution in [3.05, 3.63) is 56.0 Å². The maximum Gasteiger partial charge on any atom is 0.357 e. The Morgan fingerprint density at radius 2 is 1.57 bits per heavy atom. The van der Waals surface area contributed by atoms with Crippen LogP contribution >= 0.6 is 54.0 Å². The fraction of sp³-hybridized carbons (Fsp3) is 0.333. The van der Waals surface area contributed by atoms with Crippen LogP contribution in [0, 0.1) is 0 Å². The predicted molar refractivity (Wildman–Crippen MR) is 117 cm³/mol. The van der Waals surface area contributed by atoms with E-state index in [4.69, 9.17) is 60.2 Å². The molecule has 0 saturated heterocycles. The van der Waals surface area contributed by atoms with Crippen molar-refractivity contribution < 1.29 is 18.3 Å². The van der Waals surface area contributed by atoms with Crippen molar-refractivity contribution in [2.45, 2.75) is 19.6 Å². The second-order valence-electron chi connectivity index (χ2n) is 5.56. The van der Waals surface area contributed by atoms with Crippen molar-refractivity contribution in [1.29, 1.82) is 0 Å². The lowest BCUT2D eigenvalue weighted by Crippen LogP contribution is -2.16. The Labute approximate surface area is 184 Å². The Hall–Kier alpha value is -0.650. The van der Waals surface area contributed by atoms with Crippen molar-refractivity contribution in [3.63, 3.8) is 0 Å². The first-order chi connectivity index (χ1) is 13.3. The summed E-state index contributed by atoms with van der Waals surface area (Å²) in [6.07, 6.45) is 0. The first-order valence-corrected chi connectivity index (χ1v) is 11.5. The molecule has 2 aromatic rings. The van der Waals surface area contributed by atoms with E-state index in [2.05, 4.69) is 5.32 Å². The van der Waals surface area contributed by atoms with Gasteiger partial charge in [0.1, 0.15) is 5.75 Å². The van der Waals surface area contributed by atoms with Crippen LogP contribution in [0.2, 0.25) is 20.1 Å². The molecular formula is C18H20Cl4NO4P. The van der Waals surface area contributed by atoms with Crippen LogP contribution in [-0.4, -0.2) is 20.3 Å². The number of nitrogens with one attached hydrogen (secondary N) is 1. The third-order valence-corrected chi connectivity index (χ3v) is 7.02. The average molecular weight is 487 g/mol. The molecule has 0 aliphatic heterocycles. The molecule has 0 fully saturated rings. The van der Waals surface area contributed by atoms with Gasteiger partial charge in [0.15, 0.2) is 5.78 Å². The molecule has 0 aromatic heterocycles. The van der Waals surface area contributed by atoms with E-state index in [-0.39, 0.29) is 18.2 Å². The van der Waals surface area contributed by atoms with Gasteiger partial charge in [-0.05, 0) is 44.2 Å². The SMILES string of the molecule is CCOP(=O)(OCC)C(Nc1ccc(Cl)cc1Cl)c1cc(Cl)cc(Cl)c1OC. The van der Waals surface area contributed by atoms with Crippen LogP contribution in [0.25, 0.3) is 0 Å². The minimum Gasteiger partial charge on any atom is -0.495 e. The molecule has 0 amide bonds. The van der Waals surface area contributed by atoms with Gasteiger partial charge in [0, 0.05) is 15.6 Å². The second kappa shape index (κ2) is 10.4. The molecule has 0 bridgehead atoms. The van der Waals surface area contributed by atoms with Gasteiger partial charge >= 0.3 is 7.60 Å². The highest BCUT2D eigenvalue weighted by Gasteiger charge is 2.40. The molecule has 0 radical (unpaired) electrons. The minimum absolute atomic E-state index is 0.167. The molecule has 10 heteroatoms. The van der Waals surface area contributed by atoms with Gasteiger partial charge in [-0.15, -0.1) is 0 Å². The molecule has 1 unspecified atom stereocenters. The van der Waals surface area contributed by atoms with Crippen LogP contribution in [0.3, 0.4) is 0 Å². The molecule has 0 aliphatic rings. The summed E-state index contributed by atoms with van der Waals surface area (Å²) in [4.78, 5) is 0. The van der Waals surface area contributed by atoms with Crippen LogP contribution in [0.4, 0.5) is 5.69 Å². The van der Waals surface area contributed by atoms with Gasteiger partial charge in [0.05, 0.1) is 36.1 Å². The van der Waals surface area contributed by atoms with Gasteiger partial charge in [-0.25, -0.2) is 0 Å². The number of rotatable bonds is 9. The number of methoxy groups -OCH3 is 1. The third kappa shape index (κ3) is 5.48. The topological polar surface area (TPSA) is 56.8 Å². The summed E-state index contributed by atoms with van der Waals surface area (Å²) >= 11 is 24.8. The number of anilines is 1. The summed E-state index contributed by atoms with van der Waals surface area (Å²) in [5.41, 5.74) is 0.894. The fourth-order valence-corrected chi connectivity index (χ4v) is 5.60. The summed E-state index contributed by atoms with van der Waals surface area (Å²) in [5.74, 6) is -0.689. The molecule has 5 nitrogen and oxygen atoms in total. The molecular weight excluding hydrogens is 467 g/mol. The van der Waals surface area contributed by atoms with Gasteiger partial charge in [-0.1, -0.05) is 46.4 Å². The molecule has 0 saturated carbocycles. The maximum atomic E-state index is 13.7. The number of halogens is 4. The van der Waals surface area contributed by atoms with Crippen molar-refractivity contribution in [2.24, 2.45) is 0 Å². The van der Waals surface area contributed by atoms with Gasteiger partial charge in [0.2, 0.25) is 0 Å². The zero-order chi connectivity index (χ0) is 20.9. The minimum atomic E-state index is -3.73. The van der Waals surface area contributed by atoms with Crippen LogP contribution < -0.4 is 10.1 Å². The monoisotopic (exact) mass is 485 g/mol. The lowest BCUT2D eigenvalue weighted by atomic mass is 10.2. The van der Waals surface area contributed by atoms with Crippen LogP contribution in [0.15, 0.2) is 30.3 Å². The second-order valence-corrected chi connectivity index (χ2v) is 9.36. The van der Waals surface area contributed by atoms with Crippen LogP contribution in [-0.2, 0) is 13.6 Å². The molecule has 28 heavy (non-hydrogen) atoms. The summed E-state index contributed by atoms with van der Waals surface area (Å²) in [6, 6.07) is 8.01. The Morgan fingerprint density at radius 1 is 0.964 bits per heavy atom. The highest BCUT2D eigenvalue weighted by molar-refractivity contribution is 7.54. The zero-order valence-electron chi connectivity index (χ0n) is 15.5. The summed E-state index contributed by atoms with van der Waals surface area (Å²) < 4.78 is 30.2. The molecule has 2 aromatic carbocycles. The predicted octanol–water partition coefficient (Wildman–Crippen LogP) is 7.69. The van der Waals surface area contributed by atoms with Crippen molar-refractivity contribution in [3.8, 4) is 5.75 Å². The number of hydrogen-bond acceptors (Lipinski definition) is 5. The van der Waals surface area contributed by atoms with Crippen molar-refractivity contribution in [2.75, 3.05) is 25.6 Å².